The molecular weight excluding hydrogens is 504 g/mol. The number of rotatable bonds is 8. The first-order valence-corrected chi connectivity index (χ1v) is 12.3. The number of nitrogens with zero attached hydrogens (tertiary/aromatic N) is 4. The monoisotopic (exact) mass is 532 g/mol. The third-order valence-electron chi connectivity index (χ3n) is 5.63. The van der Waals surface area contributed by atoms with E-state index >= 15 is 0 Å². The van der Waals surface area contributed by atoms with Gasteiger partial charge in [-0.3, -0.25) is 31.6 Å². The molecule has 0 aliphatic heterocycles. The standard InChI is InChI=1S/C29H28N10O/c1-19(36-38-27(30)25-7-3-5-17-32-25)21-9-13-23(14-10-21)34-29(40)35-24-15-11-22(12-16-24)20(2)37-39-28(31)26-8-4-6-18-33-26/h3-18H,1-2H3,(H2,30,38)(H2,31,39)(H2,34,35,40). The van der Waals surface area contributed by atoms with Crippen molar-refractivity contribution >= 4 is 40.5 Å². The molecule has 11 nitrogen and oxygen atoms in total. The number of nitrogens with one attached hydrogen (secondary N) is 6. The number of carbonyl (C=O) groups is 1. The third kappa shape index (κ3) is 7.65. The lowest BCUT2D eigenvalue weighted by atomic mass is 10.1. The summed E-state index contributed by atoms with van der Waals surface area (Å²) < 4.78 is 0. The summed E-state index contributed by atoms with van der Waals surface area (Å²) >= 11 is 0. The van der Waals surface area contributed by atoms with Gasteiger partial charge in [-0.05, 0) is 73.5 Å². The lowest BCUT2D eigenvalue weighted by molar-refractivity contribution is 0.262. The van der Waals surface area contributed by atoms with Crippen LogP contribution in [0, 0.1) is 10.8 Å². The van der Waals surface area contributed by atoms with Crippen LogP contribution in [0.1, 0.15) is 36.4 Å². The van der Waals surface area contributed by atoms with Crippen molar-refractivity contribution < 1.29 is 4.79 Å². The van der Waals surface area contributed by atoms with Crippen molar-refractivity contribution in [1.82, 2.24) is 20.8 Å². The molecule has 0 atom stereocenters. The Bertz CT molecular complexity index is 1410. The summed E-state index contributed by atoms with van der Waals surface area (Å²) in [6, 6.07) is 24.7. The van der Waals surface area contributed by atoms with E-state index in [4.69, 9.17) is 10.8 Å². The largest absolute Gasteiger partial charge is 0.323 e. The molecule has 0 bridgehead atoms. The molecule has 2 amide bonds. The van der Waals surface area contributed by atoms with Crippen LogP contribution in [0.4, 0.5) is 16.2 Å². The zero-order valence-corrected chi connectivity index (χ0v) is 21.9. The Labute approximate surface area is 231 Å². The normalized spacial score (nSPS) is 11.3. The molecular formula is C29H28N10O. The number of aromatic nitrogens is 2. The van der Waals surface area contributed by atoms with E-state index in [-0.39, 0.29) is 17.7 Å². The Morgan fingerprint density at radius 2 is 1.02 bits per heavy atom. The zero-order chi connectivity index (χ0) is 28.3. The van der Waals surface area contributed by atoms with Crippen molar-refractivity contribution in [1.29, 1.82) is 10.8 Å². The lowest BCUT2D eigenvalue weighted by Gasteiger charge is -2.10. The Morgan fingerprint density at radius 3 is 1.38 bits per heavy atom. The van der Waals surface area contributed by atoms with E-state index in [0.29, 0.717) is 34.2 Å². The molecule has 11 heteroatoms. The van der Waals surface area contributed by atoms with E-state index in [2.05, 4.69) is 41.7 Å². The van der Waals surface area contributed by atoms with Crippen LogP contribution in [0.25, 0.3) is 0 Å². The summed E-state index contributed by atoms with van der Waals surface area (Å²) in [5.41, 5.74) is 10.7. The second-order valence-electron chi connectivity index (χ2n) is 8.53. The van der Waals surface area contributed by atoms with Gasteiger partial charge in [0.05, 0.1) is 11.4 Å². The maximum Gasteiger partial charge on any atom is 0.323 e. The minimum atomic E-state index is -0.382. The maximum atomic E-state index is 12.5. The van der Waals surface area contributed by atoms with Crippen molar-refractivity contribution in [3.8, 4) is 0 Å². The molecule has 0 spiro atoms. The van der Waals surface area contributed by atoms with Crippen LogP contribution >= 0.6 is 0 Å². The molecule has 0 unspecified atom stereocenters. The van der Waals surface area contributed by atoms with Gasteiger partial charge >= 0.3 is 6.03 Å². The molecule has 2 aromatic heterocycles. The van der Waals surface area contributed by atoms with Crippen LogP contribution in [0.3, 0.4) is 0 Å². The number of hydrogen-bond acceptors (Lipinski definition) is 7. The SMILES string of the molecule is CC(=NNC(=N)c1ccccn1)c1ccc(NC(=O)Nc2ccc(C(C)=NNC(=N)c3ccccn3)cc2)cc1. The van der Waals surface area contributed by atoms with Gasteiger partial charge in [-0.2, -0.15) is 10.2 Å². The Balaban J connectivity index is 1.27. The van der Waals surface area contributed by atoms with Gasteiger partial charge in [0.1, 0.15) is 11.4 Å². The molecule has 0 aliphatic carbocycles. The Hall–Kier alpha value is -5.71. The fraction of sp³-hybridized carbons (Fsp3) is 0.0690. The molecule has 4 aromatic rings. The average Bonchev–Trinajstić information content (AvgIpc) is 3.00. The van der Waals surface area contributed by atoms with Crippen LogP contribution < -0.4 is 21.5 Å². The van der Waals surface area contributed by atoms with Gasteiger partial charge in [-0.1, -0.05) is 36.4 Å². The Kier molecular flexibility index (Phi) is 9.01. The smallest absolute Gasteiger partial charge is 0.308 e. The average molecular weight is 533 g/mol. The van der Waals surface area contributed by atoms with Crippen molar-refractivity contribution in [3.05, 3.63) is 120 Å². The topological polar surface area (TPSA) is 163 Å². The zero-order valence-electron chi connectivity index (χ0n) is 21.9. The molecule has 0 saturated carbocycles. The van der Waals surface area contributed by atoms with Gasteiger partial charge < -0.3 is 10.6 Å². The minimum absolute atomic E-state index is 0.100. The number of amides is 2. The summed E-state index contributed by atoms with van der Waals surface area (Å²) in [6.45, 7) is 3.65. The summed E-state index contributed by atoms with van der Waals surface area (Å²) in [7, 11) is 0. The number of hydrogen-bond donors (Lipinski definition) is 6. The van der Waals surface area contributed by atoms with Crippen LogP contribution in [0.15, 0.2) is 108 Å². The van der Waals surface area contributed by atoms with Gasteiger partial charge in [-0.25, -0.2) is 4.79 Å². The molecule has 0 saturated heterocycles. The van der Waals surface area contributed by atoms with Gasteiger partial charge in [0.2, 0.25) is 0 Å². The summed E-state index contributed by atoms with van der Waals surface area (Å²) in [5, 5.41) is 30.2. The first kappa shape index (κ1) is 27.3. The molecule has 0 radical (unpaired) electrons. The highest BCUT2D eigenvalue weighted by Gasteiger charge is 2.07. The number of hydrazone groups is 2. The van der Waals surface area contributed by atoms with E-state index in [9.17, 15) is 4.79 Å². The molecule has 40 heavy (non-hydrogen) atoms. The number of urea groups is 1. The number of carbonyl (C=O) groups excluding carboxylic acids is 1. The fourth-order valence-electron chi connectivity index (χ4n) is 3.43. The van der Waals surface area contributed by atoms with Gasteiger partial charge in [0.25, 0.3) is 0 Å². The highest BCUT2D eigenvalue weighted by atomic mass is 16.2. The van der Waals surface area contributed by atoms with E-state index in [1.807, 2.05) is 38.1 Å². The van der Waals surface area contributed by atoms with E-state index < -0.39 is 0 Å². The second-order valence-corrected chi connectivity index (χ2v) is 8.53. The van der Waals surface area contributed by atoms with Crippen LogP contribution in [-0.2, 0) is 0 Å². The maximum absolute atomic E-state index is 12.5. The number of amidine groups is 2. The van der Waals surface area contributed by atoms with Crippen molar-refractivity contribution in [2.75, 3.05) is 10.6 Å². The van der Waals surface area contributed by atoms with Crippen LogP contribution in [0.2, 0.25) is 0 Å². The van der Waals surface area contributed by atoms with Gasteiger partial charge in [0.15, 0.2) is 11.7 Å². The molecule has 2 heterocycles. The number of anilines is 2. The molecule has 4 rings (SSSR count). The molecule has 200 valence electrons. The summed E-state index contributed by atoms with van der Waals surface area (Å²) in [5.74, 6) is 0.200. The number of benzene rings is 2. The lowest BCUT2D eigenvalue weighted by Crippen LogP contribution is -2.21. The second kappa shape index (κ2) is 13.2. The minimum Gasteiger partial charge on any atom is -0.308 e. The highest BCUT2D eigenvalue weighted by Crippen LogP contribution is 2.14. The summed E-state index contributed by atoms with van der Waals surface area (Å²) in [4.78, 5) is 20.7. The van der Waals surface area contributed by atoms with Crippen molar-refractivity contribution in [2.45, 2.75) is 13.8 Å². The van der Waals surface area contributed by atoms with E-state index in [0.717, 1.165) is 11.1 Å². The van der Waals surface area contributed by atoms with Crippen molar-refractivity contribution in [2.24, 2.45) is 10.2 Å². The molecule has 6 N–H and O–H groups in total. The molecule has 2 aromatic carbocycles. The highest BCUT2D eigenvalue weighted by molar-refractivity contribution is 6.04. The first-order chi connectivity index (χ1) is 19.4. The molecule has 0 aliphatic rings. The first-order valence-electron chi connectivity index (χ1n) is 12.3. The van der Waals surface area contributed by atoms with Crippen LogP contribution in [-0.4, -0.2) is 39.1 Å². The Morgan fingerprint density at radius 1 is 0.625 bits per heavy atom. The van der Waals surface area contributed by atoms with Gasteiger partial charge in [0, 0.05) is 23.8 Å². The quantitative estimate of drug-likeness (QED) is 0.109. The van der Waals surface area contributed by atoms with Gasteiger partial charge in [-0.15, -0.1) is 0 Å². The van der Waals surface area contributed by atoms with Crippen LogP contribution in [0.5, 0.6) is 0 Å². The summed E-state index contributed by atoms with van der Waals surface area (Å²) in [6.07, 6.45) is 3.24. The predicted octanol–water partition coefficient (Wildman–Crippen LogP) is 4.80. The predicted molar refractivity (Wildman–Crippen MR) is 158 cm³/mol. The van der Waals surface area contributed by atoms with E-state index in [1.54, 1.807) is 73.1 Å². The van der Waals surface area contributed by atoms with E-state index in [1.165, 1.54) is 0 Å². The fourth-order valence-corrected chi connectivity index (χ4v) is 3.43. The van der Waals surface area contributed by atoms with Crippen molar-refractivity contribution in [3.63, 3.8) is 0 Å². The number of pyridine rings is 2. The molecule has 0 fully saturated rings. The third-order valence-corrected chi connectivity index (χ3v) is 5.63.